The van der Waals surface area contributed by atoms with Crippen LogP contribution < -0.4 is 11.1 Å². The van der Waals surface area contributed by atoms with Crippen molar-refractivity contribution in [3.8, 4) is 0 Å². The number of rotatable bonds is 4. The third-order valence-electron chi connectivity index (χ3n) is 5.38. The molecule has 0 spiro atoms. The summed E-state index contributed by atoms with van der Waals surface area (Å²) < 4.78 is 7.29. The number of amides is 1. The van der Waals surface area contributed by atoms with E-state index in [1.165, 1.54) is 0 Å². The van der Waals surface area contributed by atoms with E-state index in [1.807, 2.05) is 48.2 Å². The Bertz CT molecular complexity index is 1270. The number of amidine groups is 1. The number of nitrogens with two attached hydrogens (primary N) is 1. The van der Waals surface area contributed by atoms with Gasteiger partial charge in [0, 0.05) is 0 Å². The number of nitrogens with one attached hydrogen (secondary N) is 1. The topological polar surface area (TPSA) is 110 Å². The molecule has 32 heavy (non-hydrogen) atoms. The third kappa shape index (κ3) is 3.63. The van der Waals surface area contributed by atoms with Gasteiger partial charge in [-0.15, -0.1) is 0 Å². The van der Waals surface area contributed by atoms with Crippen LogP contribution in [0, 0.1) is 6.92 Å². The Balaban J connectivity index is 1.62. The lowest BCUT2D eigenvalue weighted by molar-refractivity contribution is 0.0869. The number of pyridine rings is 1. The normalized spacial score (nSPS) is 17.4. The van der Waals surface area contributed by atoms with Crippen LogP contribution in [0.25, 0.3) is 5.52 Å². The minimum absolute atomic E-state index is 0.315. The van der Waals surface area contributed by atoms with Gasteiger partial charge in [0.1, 0.15) is 24.1 Å². The minimum atomic E-state index is -0.539. The number of benzene rings is 1. The molecule has 4 heterocycles. The van der Waals surface area contributed by atoms with Crippen LogP contribution in [0.1, 0.15) is 33.7 Å². The molecule has 1 aromatic carbocycles. The highest BCUT2D eigenvalue weighted by molar-refractivity contribution is 6.13. The number of carbonyl (C=O) groups excluding carboxylic acids is 1. The quantitative estimate of drug-likeness (QED) is 0.661. The zero-order valence-corrected chi connectivity index (χ0v) is 17.7. The summed E-state index contributed by atoms with van der Waals surface area (Å²) in [5.74, 6) is 1.50. The summed E-state index contributed by atoms with van der Waals surface area (Å²) in [5.41, 5.74) is 9.22. The number of nitrogens with zero attached hydrogens (tertiary/aromatic N) is 5. The standard InChI is InChI=1S/C23H23N7O2/c1-15-20(17-9-5-10-18(21(24)31)30(17)28-15)22-26-19-11-6-12-32-14-29(19)23(27-22)25-13-16-7-3-2-4-8-16/h2-5,7-11H,6,12-14H2,1H3,(H2,24,31)(H,25,26,27). The number of aliphatic imine (C=N–C) groups is 2. The number of ether oxygens (including phenoxy) is 1. The molecule has 0 unspecified atom stereocenters. The molecule has 162 valence electrons. The average molecular weight is 429 g/mol. The van der Waals surface area contributed by atoms with Gasteiger partial charge in [-0.05, 0) is 37.1 Å². The molecule has 2 aliphatic rings. The van der Waals surface area contributed by atoms with Gasteiger partial charge in [-0.1, -0.05) is 36.4 Å². The van der Waals surface area contributed by atoms with Crippen molar-refractivity contribution in [2.45, 2.75) is 19.9 Å². The van der Waals surface area contributed by atoms with E-state index in [0.29, 0.717) is 37.4 Å². The van der Waals surface area contributed by atoms with E-state index in [-0.39, 0.29) is 0 Å². The van der Waals surface area contributed by atoms with Crippen LogP contribution in [0.2, 0.25) is 0 Å². The first-order chi connectivity index (χ1) is 15.6. The van der Waals surface area contributed by atoms with Gasteiger partial charge in [0.05, 0.1) is 29.9 Å². The lowest BCUT2D eigenvalue weighted by atomic mass is 10.1. The molecule has 3 aromatic rings. The molecule has 0 bridgehead atoms. The van der Waals surface area contributed by atoms with Gasteiger partial charge in [0.2, 0.25) is 5.96 Å². The lowest BCUT2D eigenvalue weighted by Gasteiger charge is -2.30. The number of fused-ring (bicyclic) bond motifs is 2. The summed E-state index contributed by atoms with van der Waals surface area (Å²) in [5, 5.41) is 7.96. The molecule has 0 saturated heterocycles. The van der Waals surface area contributed by atoms with Gasteiger partial charge < -0.3 is 15.8 Å². The Hall–Kier alpha value is -3.98. The van der Waals surface area contributed by atoms with Crippen LogP contribution in [-0.4, -0.2) is 45.6 Å². The number of hydrogen-bond acceptors (Lipinski definition) is 5. The minimum Gasteiger partial charge on any atom is -0.364 e. The van der Waals surface area contributed by atoms with E-state index in [1.54, 1.807) is 16.6 Å². The maximum absolute atomic E-state index is 11.9. The molecule has 0 aliphatic carbocycles. The van der Waals surface area contributed by atoms with E-state index in [9.17, 15) is 4.79 Å². The highest BCUT2D eigenvalue weighted by Crippen LogP contribution is 2.22. The van der Waals surface area contributed by atoms with Crippen LogP contribution in [0.4, 0.5) is 0 Å². The Morgan fingerprint density at radius 3 is 2.88 bits per heavy atom. The van der Waals surface area contributed by atoms with Crippen LogP contribution in [0.3, 0.4) is 0 Å². The van der Waals surface area contributed by atoms with Gasteiger partial charge in [0.25, 0.3) is 5.91 Å². The smallest absolute Gasteiger partial charge is 0.267 e. The van der Waals surface area contributed by atoms with Crippen molar-refractivity contribution in [3.63, 3.8) is 0 Å². The van der Waals surface area contributed by atoms with Crippen LogP contribution in [0.15, 0.2) is 70.4 Å². The largest absolute Gasteiger partial charge is 0.364 e. The molecule has 0 saturated carbocycles. The summed E-state index contributed by atoms with van der Waals surface area (Å²) in [6.07, 6.45) is 2.85. The van der Waals surface area contributed by atoms with Crippen molar-refractivity contribution in [1.82, 2.24) is 19.8 Å². The zero-order chi connectivity index (χ0) is 22.1. The predicted molar refractivity (Wildman–Crippen MR) is 121 cm³/mol. The molecule has 5 rings (SSSR count). The van der Waals surface area contributed by atoms with Crippen molar-refractivity contribution >= 4 is 23.2 Å². The molecule has 9 heteroatoms. The first-order valence-electron chi connectivity index (χ1n) is 10.4. The maximum atomic E-state index is 11.9. The van der Waals surface area contributed by atoms with Crippen molar-refractivity contribution in [2.75, 3.05) is 13.3 Å². The zero-order valence-electron chi connectivity index (χ0n) is 17.7. The summed E-state index contributed by atoms with van der Waals surface area (Å²) in [6.45, 7) is 3.37. The van der Waals surface area contributed by atoms with Gasteiger partial charge in [-0.25, -0.2) is 9.51 Å². The number of primary amides is 1. The van der Waals surface area contributed by atoms with Crippen LogP contribution in [0.5, 0.6) is 0 Å². The number of aromatic nitrogens is 2. The van der Waals surface area contributed by atoms with Crippen molar-refractivity contribution in [2.24, 2.45) is 15.7 Å². The average Bonchev–Trinajstić information content (AvgIpc) is 2.96. The van der Waals surface area contributed by atoms with Gasteiger partial charge in [0.15, 0.2) is 0 Å². The molecule has 9 nitrogen and oxygen atoms in total. The summed E-state index contributed by atoms with van der Waals surface area (Å²) in [7, 11) is 0. The summed E-state index contributed by atoms with van der Waals surface area (Å²) >= 11 is 0. The molecular weight excluding hydrogens is 406 g/mol. The van der Waals surface area contributed by atoms with Gasteiger partial charge in [-0.2, -0.15) is 10.1 Å². The number of aryl methyl sites for hydroxylation is 1. The predicted octanol–water partition coefficient (Wildman–Crippen LogP) is 2.17. The molecule has 0 fully saturated rings. The lowest BCUT2D eigenvalue weighted by Crippen LogP contribution is -2.45. The van der Waals surface area contributed by atoms with Crippen LogP contribution >= 0.6 is 0 Å². The van der Waals surface area contributed by atoms with Crippen molar-refractivity contribution < 1.29 is 9.53 Å². The fourth-order valence-electron chi connectivity index (χ4n) is 3.86. The molecule has 2 aromatic heterocycles. The first-order valence-corrected chi connectivity index (χ1v) is 10.4. The van der Waals surface area contributed by atoms with E-state index >= 15 is 0 Å². The second kappa shape index (κ2) is 8.27. The fourth-order valence-corrected chi connectivity index (χ4v) is 3.86. The third-order valence-corrected chi connectivity index (χ3v) is 5.38. The monoisotopic (exact) mass is 429 g/mol. The van der Waals surface area contributed by atoms with E-state index in [0.717, 1.165) is 34.6 Å². The van der Waals surface area contributed by atoms with Crippen molar-refractivity contribution in [3.05, 3.63) is 82.9 Å². The fraction of sp³-hybridized carbons (Fsp3) is 0.217. The molecule has 1 amide bonds. The second-order valence-corrected chi connectivity index (χ2v) is 7.56. The second-order valence-electron chi connectivity index (χ2n) is 7.56. The molecule has 0 radical (unpaired) electrons. The van der Waals surface area contributed by atoms with Crippen LogP contribution in [-0.2, 0) is 11.3 Å². The molecule has 3 N–H and O–H groups in total. The Morgan fingerprint density at radius 1 is 1.22 bits per heavy atom. The van der Waals surface area contributed by atoms with E-state index in [4.69, 9.17) is 20.5 Å². The molecule has 2 aliphatic heterocycles. The van der Waals surface area contributed by atoms with Gasteiger partial charge >= 0.3 is 0 Å². The highest BCUT2D eigenvalue weighted by Gasteiger charge is 2.28. The first kappa shape index (κ1) is 20.0. The summed E-state index contributed by atoms with van der Waals surface area (Å²) in [6, 6.07) is 15.4. The van der Waals surface area contributed by atoms with E-state index in [2.05, 4.69) is 16.5 Å². The van der Waals surface area contributed by atoms with Crippen molar-refractivity contribution in [1.29, 1.82) is 0 Å². The molecular formula is C23H23N7O2. The summed E-state index contributed by atoms with van der Waals surface area (Å²) in [4.78, 5) is 23.4. The Morgan fingerprint density at radius 2 is 2.06 bits per heavy atom. The Labute approximate surface area is 184 Å². The van der Waals surface area contributed by atoms with Gasteiger partial charge in [-0.3, -0.25) is 9.69 Å². The maximum Gasteiger partial charge on any atom is 0.267 e. The number of hydrogen-bond donors (Lipinski definition) is 2. The number of guanidine groups is 1. The SMILES string of the molecule is Cc1nn2c(C(N)=O)cccc2c1C1=NC(=NCc2ccccc2)N2COCCC=C2N1. The van der Waals surface area contributed by atoms with E-state index < -0.39 is 5.91 Å². The highest BCUT2D eigenvalue weighted by atomic mass is 16.5. The molecule has 0 atom stereocenters. The Kier molecular flexibility index (Phi) is 5.16. The number of carbonyl (C=O) groups is 1.